The van der Waals surface area contributed by atoms with Crippen molar-refractivity contribution in [2.45, 2.75) is 13.0 Å². The monoisotopic (exact) mass is 279 g/mol. The number of ether oxygens (including phenoxy) is 1. The fraction of sp³-hybridized carbons (Fsp3) is 0.538. The molecule has 0 aliphatic carbocycles. The Balaban J connectivity index is 1.93. The number of carbonyl (C=O) groups excluding carboxylic acids is 1. The highest BCUT2D eigenvalue weighted by molar-refractivity contribution is 5.98. The average Bonchev–Trinajstić information content (AvgIpc) is 2.46. The molecule has 110 valence electrons. The highest BCUT2D eigenvalue weighted by atomic mass is 16.5. The van der Waals surface area contributed by atoms with Crippen LogP contribution >= 0.6 is 0 Å². The van der Waals surface area contributed by atoms with Crippen LogP contribution in [0.25, 0.3) is 0 Å². The molecule has 0 spiro atoms. The molecule has 0 aromatic carbocycles. The molecule has 0 radical (unpaired) electrons. The first-order valence-corrected chi connectivity index (χ1v) is 6.73. The molecule has 0 saturated carbocycles. The predicted octanol–water partition coefficient (Wildman–Crippen LogP) is -0.105. The second-order valence-corrected chi connectivity index (χ2v) is 4.79. The summed E-state index contributed by atoms with van der Waals surface area (Å²) in [5.74, 6) is 0.0178. The third kappa shape index (κ3) is 3.58. The fourth-order valence-corrected chi connectivity index (χ4v) is 2.19. The predicted molar refractivity (Wildman–Crippen MR) is 77.5 cm³/mol. The zero-order valence-corrected chi connectivity index (χ0v) is 11.6. The van der Waals surface area contributed by atoms with Crippen LogP contribution in [0, 0.1) is 0 Å². The van der Waals surface area contributed by atoms with Gasteiger partial charge in [0.15, 0.2) is 0 Å². The van der Waals surface area contributed by atoms with Crippen LogP contribution < -0.4 is 16.8 Å². The number of aromatic nitrogens is 1. The van der Waals surface area contributed by atoms with Gasteiger partial charge in [0.2, 0.25) is 0 Å². The van der Waals surface area contributed by atoms with E-state index in [-0.39, 0.29) is 17.4 Å². The van der Waals surface area contributed by atoms with E-state index in [0.717, 1.165) is 26.2 Å². The summed E-state index contributed by atoms with van der Waals surface area (Å²) in [6.07, 6.45) is 1.54. The molecule has 5 N–H and O–H groups in total. The number of nitrogen functional groups attached to an aromatic ring is 1. The van der Waals surface area contributed by atoms with Gasteiger partial charge in [0.25, 0.3) is 5.91 Å². The molecule has 0 bridgehead atoms. The number of hydrogen-bond donors (Lipinski definition) is 3. The molecule has 1 fully saturated rings. The van der Waals surface area contributed by atoms with E-state index in [1.54, 1.807) is 6.07 Å². The summed E-state index contributed by atoms with van der Waals surface area (Å²) in [6.45, 7) is 6.38. The molecule has 1 aliphatic rings. The van der Waals surface area contributed by atoms with Gasteiger partial charge >= 0.3 is 0 Å². The van der Waals surface area contributed by atoms with Crippen molar-refractivity contribution in [2.75, 3.05) is 43.8 Å². The van der Waals surface area contributed by atoms with Gasteiger partial charge in [-0.15, -0.1) is 0 Å². The van der Waals surface area contributed by atoms with Gasteiger partial charge in [-0.25, -0.2) is 4.98 Å². The first kappa shape index (κ1) is 14.5. The number of likely N-dealkylation sites (N-methyl/N-ethyl adjacent to an activating group) is 1. The molecule has 1 atom stereocenters. The third-order valence-electron chi connectivity index (χ3n) is 3.38. The standard InChI is InChI=1S/C13H21N5O2/c1-2-18-3-4-20-9(8-18)6-16-12-5-10(13(15)19)11(14)7-17-12/h5,7,9H,2-4,6,8,14H2,1H3,(H2,15,19)(H,16,17). The number of primary amides is 1. The number of anilines is 2. The smallest absolute Gasteiger partial charge is 0.250 e. The van der Waals surface area contributed by atoms with Crippen LogP contribution in [0.2, 0.25) is 0 Å². The molecular formula is C13H21N5O2. The molecule has 1 unspecified atom stereocenters. The highest BCUT2D eigenvalue weighted by Gasteiger charge is 2.19. The van der Waals surface area contributed by atoms with E-state index < -0.39 is 5.91 Å². The van der Waals surface area contributed by atoms with Crippen LogP contribution in [0.4, 0.5) is 11.5 Å². The molecule has 20 heavy (non-hydrogen) atoms. The number of hydrogen-bond acceptors (Lipinski definition) is 6. The van der Waals surface area contributed by atoms with E-state index in [4.69, 9.17) is 16.2 Å². The number of morpholine rings is 1. The number of nitrogens with two attached hydrogens (primary N) is 2. The molecular weight excluding hydrogens is 258 g/mol. The lowest BCUT2D eigenvalue weighted by Crippen LogP contribution is -2.45. The molecule has 2 rings (SSSR count). The zero-order chi connectivity index (χ0) is 14.5. The molecule has 7 heteroatoms. The Morgan fingerprint density at radius 2 is 2.45 bits per heavy atom. The normalized spacial score (nSPS) is 19.8. The van der Waals surface area contributed by atoms with Gasteiger partial charge in [-0.3, -0.25) is 9.69 Å². The van der Waals surface area contributed by atoms with Crippen LogP contribution in [0.3, 0.4) is 0 Å². The van der Waals surface area contributed by atoms with Crippen molar-refractivity contribution in [3.05, 3.63) is 17.8 Å². The highest BCUT2D eigenvalue weighted by Crippen LogP contribution is 2.14. The Labute approximate surface area is 118 Å². The number of pyridine rings is 1. The Kier molecular flexibility index (Phi) is 4.75. The van der Waals surface area contributed by atoms with E-state index in [1.807, 2.05) is 0 Å². The van der Waals surface area contributed by atoms with E-state index in [0.29, 0.717) is 12.4 Å². The number of amides is 1. The lowest BCUT2D eigenvalue weighted by Gasteiger charge is -2.32. The topological polar surface area (TPSA) is 106 Å². The van der Waals surface area contributed by atoms with Gasteiger partial charge in [0.05, 0.1) is 30.2 Å². The minimum absolute atomic E-state index is 0.111. The summed E-state index contributed by atoms with van der Waals surface area (Å²) in [5, 5.41) is 3.16. The summed E-state index contributed by atoms with van der Waals surface area (Å²) in [4.78, 5) is 17.7. The van der Waals surface area contributed by atoms with Gasteiger partial charge in [-0.2, -0.15) is 0 Å². The van der Waals surface area contributed by atoms with Crippen molar-refractivity contribution >= 4 is 17.4 Å². The maximum atomic E-state index is 11.2. The van der Waals surface area contributed by atoms with Crippen molar-refractivity contribution in [3.8, 4) is 0 Å². The molecule has 1 saturated heterocycles. The number of rotatable bonds is 5. The summed E-state index contributed by atoms with van der Waals surface area (Å²) >= 11 is 0. The average molecular weight is 279 g/mol. The van der Waals surface area contributed by atoms with Gasteiger partial charge in [0, 0.05) is 19.6 Å². The Morgan fingerprint density at radius 3 is 3.15 bits per heavy atom. The quantitative estimate of drug-likeness (QED) is 0.694. The number of carbonyl (C=O) groups is 1. The van der Waals surface area contributed by atoms with Gasteiger partial charge < -0.3 is 21.5 Å². The fourth-order valence-electron chi connectivity index (χ4n) is 2.19. The van der Waals surface area contributed by atoms with Gasteiger partial charge in [0.1, 0.15) is 5.82 Å². The Morgan fingerprint density at radius 1 is 1.65 bits per heavy atom. The Hall–Kier alpha value is -1.86. The summed E-state index contributed by atoms with van der Waals surface area (Å²) in [5.41, 5.74) is 11.5. The van der Waals surface area contributed by atoms with Crippen molar-refractivity contribution in [1.82, 2.24) is 9.88 Å². The number of nitrogens with one attached hydrogen (secondary N) is 1. The molecule has 7 nitrogen and oxygen atoms in total. The largest absolute Gasteiger partial charge is 0.397 e. The van der Waals surface area contributed by atoms with Crippen LogP contribution in [0.5, 0.6) is 0 Å². The van der Waals surface area contributed by atoms with Crippen molar-refractivity contribution in [1.29, 1.82) is 0 Å². The molecule has 2 heterocycles. The van der Waals surface area contributed by atoms with E-state index >= 15 is 0 Å². The zero-order valence-electron chi connectivity index (χ0n) is 11.6. The lowest BCUT2D eigenvalue weighted by atomic mass is 10.2. The Bertz CT molecular complexity index is 480. The minimum atomic E-state index is -0.556. The van der Waals surface area contributed by atoms with Crippen molar-refractivity contribution in [3.63, 3.8) is 0 Å². The van der Waals surface area contributed by atoms with E-state index in [1.165, 1.54) is 6.20 Å². The van der Waals surface area contributed by atoms with E-state index in [9.17, 15) is 4.79 Å². The van der Waals surface area contributed by atoms with E-state index in [2.05, 4.69) is 22.1 Å². The summed E-state index contributed by atoms with van der Waals surface area (Å²) in [6, 6.07) is 1.57. The molecule has 1 aliphatic heterocycles. The molecule has 1 aromatic rings. The second kappa shape index (κ2) is 6.53. The van der Waals surface area contributed by atoms with Crippen molar-refractivity contribution < 1.29 is 9.53 Å². The SMILES string of the molecule is CCN1CCOC(CNc2cc(C(N)=O)c(N)cn2)C1. The van der Waals surface area contributed by atoms with Gasteiger partial charge in [-0.05, 0) is 12.6 Å². The van der Waals surface area contributed by atoms with Crippen LogP contribution in [0.15, 0.2) is 12.3 Å². The third-order valence-corrected chi connectivity index (χ3v) is 3.38. The van der Waals surface area contributed by atoms with Crippen LogP contribution in [-0.4, -0.2) is 54.7 Å². The summed E-state index contributed by atoms with van der Waals surface area (Å²) < 4.78 is 5.68. The maximum Gasteiger partial charge on any atom is 0.250 e. The summed E-state index contributed by atoms with van der Waals surface area (Å²) in [7, 11) is 0. The molecule has 1 aromatic heterocycles. The maximum absolute atomic E-state index is 11.2. The minimum Gasteiger partial charge on any atom is -0.397 e. The lowest BCUT2D eigenvalue weighted by molar-refractivity contribution is -0.0192. The van der Waals surface area contributed by atoms with Crippen molar-refractivity contribution in [2.24, 2.45) is 5.73 Å². The number of nitrogens with zero attached hydrogens (tertiary/aromatic N) is 2. The van der Waals surface area contributed by atoms with Crippen LogP contribution in [0.1, 0.15) is 17.3 Å². The first-order valence-electron chi connectivity index (χ1n) is 6.73. The molecule has 1 amide bonds. The van der Waals surface area contributed by atoms with Crippen LogP contribution in [-0.2, 0) is 4.74 Å². The second-order valence-electron chi connectivity index (χ2n) is 4.79. The first-order chi connectivity index (χ1) is 9.60. The van der Waals surface area contributed by atoms with Gasteiger partial charge in [-0.1, -0.05) is 6.92 Å².